The third-order valence-corrected chi connectivity index (χ3v) is 5.40. The van der Waals surface area contributed by atoms with Crippen molar-refractivity contribution in [2.24, 2.45) is 0 Å². The van der Waals surface area contributed by atoms with Crippen molar-refractivity contribution < 1.29 is 18.7 Å². The molecule has 2 aromatic carbocycles. The lowest BCUT2D eigenvalue weighted by Crippen LogP contribution is -2.52. The summed E-state index contributed by atoms with van der Waals surface area (Å²) in [5.41, 5.74) is 1.54. The Morgan fingerprint density at radius 2 is 1.50 bits per heavy atom. The molecule has 2 aromatic rings. The molecule has 0 unspecified atom stereocenters. The monoisotopic (exact) mass is 383 g/mol. The van der Waals surface area contributed by atoms with E-state index in [1.54, 1.807) is 7.11 Å². The molecule has 0 spiro atoms. The maximum Gasteiger partial charge on any atom is 0.251 e. The van der Waals surface area contributed by atoms with Crippen LogP contribution in [0.5, 0.6) is 5.75 Å². The number of anilines is 2. The molecular formula is C21H22FN3O3. The summed E-state index contributed by atoms with van der Waals surface area (Å²) in [6, 6.07) is 12.9. The lowest BCUT2D eigenvalue weighted by atomic mass is 10.1. The molecule has 0 N–H and O–H groups in total. The number of methoxy groups -OCH3 is 1. The molecule has 4 rings (SSSR count). The number of rotatable bonds is 4. The lowest BCUT2D eigenvalue weighted by molar-refractivity contribution is -0.123. The van der Waals surface area contributed by atoms with Gasteiger partial charge < -0.3 is 9.64 Å². The van der Waals surface area contributed by atoms with Crippen LogP contribution in [0.2, 0.25) is 0 Å². The van der Waals surface area contributed by atoms with E-state index in [1.165, 1.54) is 29.2 Å². The number of piperazine rings is 1. The third-order valence-electron chi connectivity index (χ3n) is 5.40. The van der Waals surface area contributed by atoms with Gasteiger partial charge in [-0.25, -0.2) is 9.29 Å². The maximum atomic E-state index is 13.1. The largest absolute Gasteiger partial charge is 0.497 e. The minimum absolute atomic E-state index is 0.165. The van der Waals surface area contributed by atoms with Crippen LogP contribution in [0.1, 0.15) is 6.42 Å². The van der Waals surface area contributed by atoms with E-state index in [9.17, 15) is 14.0 Å². The number of carbonyl (C=O) groups excluding carboxylic acids is 2. The number of carbonyl (C=O) groups is 2. The summed E-state index contributed by atoms with van der Waals surface area (Å²) in [5.74, 6) is -0.0407. The minimum Gasteiger partial charge on any atom is -0.497 e. The first-order chi connectivity index (χ1) is 13.6. The standard InChI is InChI=1S/C21H22FN3O3/c1-28-18-8-6-16(7-9-18)23-10-12-24(13-11-23)19-14-20(26)25(21(19)27)17-4-2-15(22)3-5-17/h2-9,19H,10-14H2,1H3/t19-/m1/s1. The highest BCUT2D eigenvalue weighted by molar-refractivity contribution is 6.22. The molecule has 2 amide bonds. The van der Waals surface area contributed by atoms with Crippen LogP contribution in [0.15, 0.2) is 48.5 Å². The van der Waals surface area contributed by atoms with E-state index in [0.717, 1.165) is 24.5 Å². The average Bonchev–Trinajstić information content (AvgIpc) is 3.03. The summed E-state index contributed by atoms with van der Waals surface area (Å²) in [5, 5.41) is 0. The molecule has 0 aliphatic carbocycles. The highest BCUT2D eigenvalue weighted by Gasteiger charge is 2.43. The fourth-order valence-electron chi connectivity index (χ4n) is 3.85. The smallest absolute Gasteiger partial charge is 0.251 e. The van der Waals surface area contributed by atoms with E-state index in [1.807, 2.05) is 24.3 Å². The second-order valence-electron chi connectivity index (χ2n) is 6.98. The quantitative estimate of drug-likeness (QED) is 0.759. The van der Waals surface area contributed by atoms with Gasteiger partial charge in [0.05, 0.1) is 25.3 Å². The normalized spacial score (nSPS) is 20.7. The van der Waals surface area contributed by atoms with Crippen LogP contribution in [0, 0.1) is 5.82 Å². The molecule has 0 saturated carbocycles. The Balaban J connectivity index is 1.41. The zero-order chi connectivity index (χ0) is 19.7. The zero-order valence-electron chi connectivity index (χ0n) is 15.7. The van der Waals surface area contributed by atoms with E-state index in [0.29, 0.717) is 18.8 Å². The van der Waals surface area contributed by atoms with Crippen molar-refractivity contribution in [3.63, 3.8) is 0 Å². The second-order valence-corrected chi connectivity index (χ2v) is 6.98. The van der Waals surface area contributed by atoms with Gasteiger partial charge in [-0.3, -0.25) is 14.5 Å². The van der Waals surface area contributed by atoms with E-state index >= 15 is 0 Å². The first kappa shape index (κ1) is 18.4. The molecule has 2 heterocycles. The molecule has 6 nitrogen and oxygen atoms in total. The Morgan fingerprint density at radius 1 is 0.893 bits per heavy atom. The zero-order valence-corrected chi connectivity index (χ0v) is 15.7. The van der Waals surface area contributed by atoms with Crippen molar-refractivity contribution in [1.82, 2.24) is 4.90 Å². The summed E-state index contributed by atoms with van der Waals surface area (Å²) in [6.45, 7) is 2.96. The van der Waals surface area contributed by atoms with Crippen LogP contribution in [0.4, 0.5) is 15.8 Å². The van der Waals surface area contributed by atoms with Gasteiger partial charge in [0.25, 0.3) is 5.91 Å². The molecule has 2 fully saturated rings. The summed E-state index contributed by atoms with van der Waals surface area (Å²) in [4.78, 5) is 30.8. The average molecular weight is 383 g/mol. The molecular weight excluding hydrogens is 361 g/mol. The van der Waals surface area contributed by atoms with E-state index in [4.69, 9.17) is 4.74 Å². The first-order valence-corrected chi connectivity index (χ1v) is 9.32. The lowest BCUT2D eigenvalue weighted by Gasteiger charge is -2.38. The van der Waals surface area contributed by atoms with Crippen LogP contribution in [0.25, 0.3) is 0 Å². The number of halogens is 1. The predicted octanol–water partition coefficient (Wildman–Crippen LogP) is 2.29. The second kappa shape index (κ2) is 7.59. The Labute approximate surface area is 163 Å². The molecule has 2 saturated heterocycles. The number of nitrogens with zero attached hydrogens (tertiary/aromatic N) is 3. The minimum atomic E-state index is -0.449. The van der Waals surface area contributed by atoms with Gasteiger partial charge >= 0.3 is 0 Å². The maximum absolute atomic E-state index is 13.1. The molecule has 146 valence electrons. The SMILES string of the molecule is COc1ccc(N2CCN([C@@H]3CC(=O)N(c4ccc(F)cc4)C3=O)CC2)cc1. The van der Waals surface area contributed by atoms with Crippen molar-refractivity contribution in [3.05, 3.63) is 54.3 Å². The summed E-state index contributed by atoms with van der Waals surface area (Å²) in [7, 11) is 1.64. The number of benzene rings is 2. The fourth-order valence-corrected chi connectivity index (χ4v) is 3.85. The molecule has 2 aliphatic heterocycles. The van der Waals surface area contributed by atoms with Crippen LogP contribution in [-0.4, -0.2) is 56.0 Å². The Kier molecular flexibility index (Phi) is 5.00. The van der Waals surface area contributed by atoms with E-state index < -0.39 is 11.9 Å². The third kappa shape index (κ3) is 3.45. The van der Waals surface area contributed by atoms with Crippen LogP contribution >= 0.6 is 0 Å². The topological polar surface area (TPSA) is 53.1 Å². The number of hydrogen-bond donors (Lipinski definition) is 0. The summed E-state index contributed by atoms with van der Waals surface area (Å²) < 4.78 is 18.3. The van der Waals surface area contributed by atoms with Crippen LogP contribution < -0.4 is 14.5 Å². The van der Waals surface area contributed by atoms with Gasteiger partial charge in [0.1, 0.15) is 11.6 Å². The summed E-state index contributed by atoms with van der Waals surface area (Å²) in [6.07, 6.45) is 0.165. The number of imide groups is 1. The van der Waals surface area contributed by atoms with Crippen molar-refractivity contribution >= 4 is 23.2 Å². The number of ether oxygens (including phenoxy) is 1. The van der Waals surface area contributed by atoms with Crippen LogP contribution in [-0.2, 0) is 9.59 Å². The van der Waals surface area contributed by atoms with Gasteiger partial charge in [-0.2, -0.15) is 0 Å². The van der Waals surface area contributed by atoms with Crippen molar-refractivity contribution in [3.8, 4) is 5.75 Å². The predicted molar refractivity (Wildman–Crippen MR) is 104 cm³/mol. The van der Waals surface area contributed by atoms with Gasteiger partial charge in [-0.1, -0.05) is 0 Å². The molecule has 0 aromatic heterocycles. The van der Waals surface area contributed by atoms with E-state index in [2.05, 4.69) is 9.80 Å². The highest BCUT2D eigenvalue weighted by Crippen LogP contribution is 2.27. The van der Waals surface area contributed by atoms with Crippen molar-refractivity contribution in [2.75, 3.05) is 43.1 Å². The highest BCUT2D eigenvalue weighted by atomic mass is 19.1. The Morgan fingerprint density at radius 3 is 2.11 bits per heavy atom. The number of hydrogen-bond acceptors (Lipinski definition) is 5. The van der Waals surface area contributed by atoms with Gasteiger partial charge in [0, 0.05) is 31.9 Å². The molecule has 28 heavy (non-hydrogen) atoms. The molecule has 1 atom stereocenters. The molecule has 0 radical (unpaired) electrons. The van der Waals surface area contributed by atoms with Crippen molar-refractivity contribution in [1.29, 1.82) is 0 Å². The molecule has 2 aliphatic rings. The van der Waals surface area contributed by atoms with Crippen LogP contribution in [0.3, 0.4) is 0 Å². The molecule has 0 bridgehead atoms. The molecule has 7 heteroatoms. The fraction of sp³-hybridized carbons (Fsp3) is 0.333. The van der Waals surface area contributed by atoms with Gasteiger partial charge in [0.15, 0.2) is 0 Å². The van der Waals surface area contributed by atoms with Crippen molar-refractivity contribution in [2.45, 2.75) is 12.5 Å². The first-order valence-electron chi connectivity index (χ1n) is 9.32. The van der Waals surface area contributed by atoms with Gasteiger partial charge in [-0.15, -0.1) is 0 Å². The Hall–Kier alpha value is -2.93. The van der Waals surface area contributed by atoms with Gasteiger partial charge in [-0.05, 0) is 48.5 Å². The number of amides is 2. The summed E-state index contributed by atoms with van der Waals surface area (Å²) >= 11 is 0. The Bertz CT molecular complexity index is 861. The van der Waals surface area contributed by atoms with E-state index in [-0.39, 0.29) is 18.2 Å². The van der Waals surface area contributed by atoms with Gasteiger partial charge in [0.2, 0.25) is 5.91 Å².